The Morgan fingerprint density at radius 3 is 3.12 bits per heavy atom. The van der Waals surface area contributed by atoms with Crippen LogP contribution in [0.5, 0.6) is 0 Å². The first-order valence-electron chi connectivity index (χ1n) is 5.61. The van der Waals surface area contributed by atoms with Crippen molar-refractivity contribution in [3.05, 3.63) is 38.0 Å². The Kier molecular flexibility index (Phi) is 3.04. The average molecular weight is 250 g/mol. The normalized spacial score (nSPS) is 14.2. The van der Waals surface area contributed by atoms with E-state index in [-0.39, 0.29) is 0 Å². The molecule has 4 heteroatoms. The number of nitrogens with zero attached hydrogens (tertiary/aromatic N) is 1. The summed E-state index contributed by atoms with van der Waals surface area (Å²) in [7, 11) is 0. The van der Waals surface area contributed by atoms with Gasteiger partial charge in [0.1, 0.15) is 5.01 Å². The summed E-state index contributed by atoms with van der Waals surface area (Å²) in [6, 6.07) is 2.17. The maximum absolute atomic E-state index is 4.67. The number of aromatic nitrogens is 1. The van der Waals surface area contributed by atoms with Gasteiger partial charge in [0.2, 0.25) is 0 Å². The Hall–Kier alpha value is -0.710. The van der Waals surface area contributed by atoms with Gasteiger partial charge < -0.3 is 5.32 Å². The second-order valence-electron chi connectivity index (χ2n) is 4.07. The van der Waals surface area contributed by atoms with Crippen molar-refractivity contribution in [2.45, 2.75) is 32.4 Å². The van der Waals surface area contributed by atoms with Crippen LogP contribution in [0.2, 0.25) is 0 Å². The molecule has 84 valence electrons. The molecule has 0 spiro atoms. The van der Waals surface area contributed by atoms with E-state index in [9.17, 15) is 0 Å². The minimum atomic E-state index is 0.910. The highest BCUT2D eigenvalue weighted by Crippen LogP contribution is 2.27. The molecule has 2 heterocycles. The summed E-state index contributed by atoms with van der Waals surface area (Å²) in [4.78, 5) is 6.19. The zero-order chi connectivity index (χ0) is 10.8. The molecular weight excluding hydrogens is 236 g/mol. The van der Waals surface area contributed by atoms with E-state index in [1.165, 1.54) is 40.4 Å². The summed E-state index contributed by atoms with van der Waals surface area (Å²) in [6.45, 7) is 1.86. The van der Waals surface area contributed by atoms with Crippen molar-refractivity contribution in [2.24, 2.45) is 0 Å². The largest absolute Gasteiger partial charge is 0.306 e. The van der Waals surface area contributed by atoms with Crippen LogP contribution in [0.4, 0.5) is 0 Å². The highest BCUT2D eigenvalue weighted by molar-refractivity contribution is 7.11. The number of nitrogens with one attached hydrogen (secondary N) is 1. The third kappa shape index (κ3) is 2.19. The molecule has 1 aliphatic carbocycles. The van der Waals surface area contributed by atoms with E-state index >= 15 is 0 Å². The first-order chi connectivity index (χ1) is 7.92. The van der Waals surface area contributed by atoms with Crippen LogP contribution >= 0.6 is 22.7 Å². The van der Waals surface area contributed by atoms with Crippen LogP contribution in [0.3, 0.4) is 0 Å². The van der Waals surface area contributed by atoms with Gasteiger partial charge in [0.15, 0.2) is 0 Å². The van der Waals surface area contributed by atoms with E-state index in [0.29, 0.717) is 0 Å². The zero-order valence-electron chi connectivity index (χ0n) is 9.03. The smallest absolute Gasteiger partial charge is 0.107 e. The van der Waals surface area contributed by atoms with E-state index in [1.54, 1.807) is 11.3 Å². The number of rotatable bonds is 4. The Morgan fingerprint density at radius 1 is 1.31 bits per heavy atom. The molecule has 0 aromatic carbocycles. The Labute approximate surface area is 103 Å². The number of thiazole rings is 1. The van der Waals surface area contributed by atoms with Crippen molar-refractivity contribution in [3.63, 3.8) is 0 Å². The maximum atomic E-state index is 4.67. The Morgan fingerprint density at radius 2 is 2.31 bits per heavy atom. The highest BCUT2D eigenvalue weighted by Gasteiger charge is 2.15. The van der Waals surface area contributed by atoms with Gasteiger partial charge >= 0.3 is 0 Å². The van der Waals surface area contributed by atoms with Crippen molar-refractivity contribution in [1.29, 1.82) is 0 Å². The lowest BCUT2D eigenvalue weighted by molar-refractivity contribution is 0.689. The van der Waals surface area contributed by atoms with Crippen LogP contribution in [-0.4, -0.2) is 4.98 Å². The number of fused-ring (bicyclic) bond motifs is 1. The van der Waals surface area contributed by atoms with Crippen molar-refractivity contribution in [3.8, 4) is 0 Å². The average Bonchev–Trinajstić information content (AvgIpc) is 2.91. The summed E-state index contributed by atoms with van der Waals surface area (Å²) < 4.78 is 0. The number of hydrogen-bond acceptors (Lipinski definition) is 4. The lowest BCUT2D eigenvalue weighted by atomic mass is 10.3. The van der Waals surface area contributed by atoms with Crippen LogP contribution in [-0.2, 0) is 25.9 Å². The molecule has 3 rings (SSSR count). The number of aryl methyl sites for hydroxylation is 2. The van der Waals surface area contributed by atoms with Gasteiger partial charge in [-0.25, -0.2) is 4.98 Å². The first kappa shape index (κ1) is 10.4. The molecule has 0 radical (unpaired) electrons. The summed E-state index contributed by atoms with van der Waals surface area (Å²) >= 11 is 3.64. The van der Waals surface area contributed by atoms with Crippen LogP contribution in [0.25, 0.3) is 0 Å². The standard InChI is InChI=1S/C12H14N2S2/c1-2-10-11(3-1)16-12(14-10)7-13-6-9-4-5-15-8-9/h4-5,8,13H,1-3,6-7H2. The molecule has 1 aliphatic rings. The quantitative estimate of drug-likeness (QED) is 0.902. The molecule has 0 bridgehead atoms. The van der Waals surface area contributed by atoms with Crippen molar-refractivity contribution >= 4 is 22.7 Å². The number of thiophene rings is 1. The van der Waals surface area contributed by atoms with Gasteiger partial charge in [-0.3, -0.25) is 0 Å². The van der Waals surface area contributed by atoms with Crippen LogP contribution in [0.1, 0.15) is 27.6 Å². The molecule has 0 saturated heterocycles. The molecule has 16 heavy (non-hydrogen) atoms. The van der Waals surface area contributed by atoms with Gasteiger partial charge in [0.25, 0.3) is 0 Å². The van der Waals surface area contributed by atoms with E-state index in [0.717, 1.165) is 13.1 Å². The van der Waals surface area contributed by atoms with Crippen LogP contribution in [0, 0.1) is 0 Å². The Balaban J connectivity index is 1.54. The zero-order valence-corrected chi connectivity index (χ0v) is 10.7. The van der Waals surface area contributed by atoms with E-state index in [4.69, 9.17) is 0 Å². The monoisotopic (exact) mass is 250 g/mol. The fourth-order valence-electron chi connectivity index (χ4n) is 2.03. The molecule has 1 N–H and O–H groups in total. The van der Waals surface area contributed by atoms with Crippen LogP contribution in [0.15, 0.2) is 16.8 Å². The summed E-state index contributed by atoms with van der Waals surface area (Å²) in [5, 5.41) is 9.01. The molecule has 0 saturated carbocycles. The van der Waals surface area contributed by atoms with Crippen molar-refractivity contribution in [2.75, 3.05) is 0 Å². The number of hydrogen-bond donors (Lipinski definition) is 1. The third-order valence-electron chi connectivity index (χ3n) is 2.83. The van der Waals surface area contributed by atoms with Crippen LogP contribution < -0.4 is 5.32 Å². The van der Waals surface area contributed by atoms with Gasteiger partial charge in [-0.1, -0.05) is 0 Å². The summed E-state index contributed by atoms with van der Waals surface area (Å²) in [6.07, 6.45) is 3.74. The predicted molar refractivity (Wildman–Crippen MR) is 69.0 cm³/mol. The van der Waals surface area contributed by atoms with Gasteiger partial charge in [-0.2, -0.15) is 11.3 Å². The minimum absolute atomic E-state index is 0.910. The molecule has 0 unspecified atom stereocenters. The lowest BCUT2D eigenvalue weighted by Gasteiger charge is -1.99. The second kappa shape index (κ2) is 4.65. The minimum Gasteiger partial charge on any atom is -0.306 e. The second-order valence-corrected chi connectivity index (χ2v) is 6.01. The molecular formula is C12H14N2S2. The molecule has 2 nitrogen and oxygen atoms in total. The summed E-state index contributed by atoms with van der Waals surface area (Å²) in [5.74, 6) is 0. The fourth-order valence-corrected chi connectivity index (χ4v) is 3.82. The third-order valence-corrected chi connectivity index (χ3v) is 4.71. The lowest BCUT2D eigenvalue weighted by Crippen LogP contribution is -2.11. The molecule has 2 aromatic heterocycles. The maximum Gasteiger partial charge on any atom is 0.107 e. The molecule has 0 atom stereocenters. The van der Waals surface area contributed by atoms with E-state index in [2.05, 4.69) is 27.1 Å². The molecule has 0 amide bonds. The predicted octanol–water partition coefficient (Wildman–Crippen LogP) is 2.98. The summed E-state index contributed by atoms with van der Waals surface area (Å²) in [5.41, 5.74) is 2.73. The van der Waals surface area contributed by atoms with Gasteiger partial charge in [-0.15, -0.1) is 11.3 Å². The fraction of sp³-hybridized carbons (Fsp3) is 0.417. The Bertz CT molecular complexity index is 438. The van der Waals surface area contributed by atoms with Gasteiger partial charge in [0, 0.05) is 18.0 Å². The molecule has 0 fully saturated rings. The highest BCUT2D eigenvalue weighted by atomic mass is 32.1. The van der Waals surface area contributed by atoms with Crippen molar-refractivity contribution < 1.29 is 0 Å². The molecule has 0 aliphatic heterocycles. The van der Waals surface area contributed by atoms with E-state index in [1.807, 2.05) is 11.3 Å². The van der Waals surface area contributed by atoms with E-state index < -0.39 is 0 Å². The van der Waals surface area contributed by atoms with Crippen molar-refractivity contribution in [1.82, 2.24) is 10.3 Å². The molecule has 2 aromatic rings. The van der Waals surface area contributed by atoms with Gasteiger partial charge in [-0.05, 0) is 41.7 Å². The topological polar surface area (TPSA) is 24.9 Å². The SMILES string of the molecule is c1cc(CNCc2nc3c(s2)CCC3)cs1. The van der Waals surface area contributed by atoms with Gasteiger partial charge in [0.05, 0.1) is 5.69 Å². The first-order valence-corrected chi connectivity index (χ1v) is 7.37.